The number of nitrogens with zero attached hydrogens (tertiary/aromatic N) is 1. The molecule has 0 aliphatic carbocycles. The molecule has 98 valence electrons. The van der Waals surface area contributed by atoms with Gasteiger partial charge in [0.1, 0.15) is 0 Å². The Bertz CT molecular complexity index is 288. The lowest BCUT2D eigenvalue weighted by Crippen LogP contribution is -2.38. The van der Waals surface area contributed by atoms with Crippen LogP contribution in [0, 0.1) is 0 Å². The molecule has 0 aliphatic rings. The van der Waals surface area contributed by atoms with Gasteiger partial charge in [0, 0.05) is 30.6 Å². The summed E-state index contributed by atoms with van der Waals surface area (Å²) >= 11 is 1.76. The fourth-order valence-electron chi connectivity index (χ4n) is 1.64. The van der Waals surface area contributed by atoms with Crippen molar-refractivity contribution in [3.63, 3.8) is 0 Å². The summed E-state index contributed by atoms with van der Waals surface area (Å²) in [5.41, 5.74) is 0. The summed E-state index contributed by atoms with van der Waals surface area (Å²) in [7, 11) is 0. The fourth-order valence-corrected chi connectivity index (χ4v) is 2.37. The first kappa shape index (κ1) is 14.6. The molecule has 0 saturated carbocycles. The molecule has 0 aliphatic heterocycles. The normalized spacial score (nSPS) is 13.5. The predicted molar refractivity (Wildman–Crippen MR) is 72.4 cm³/mol. The first-order chi connectivity index (χ1) is 8.13. The van der Waals surface area contributed by atoms with Crippen molar-refractivity contribution in [2.75, 3.05) is 19.8 Å². The van der Waals surface area contributed by atoms with Crippen molar-refractivity contribution < 1.29 is 9.84 Å². The molecule has 0 spiro atoms. The Kier molecular flexibility index (Phi) is 6.73. The Morgan fingerprint density at radius 2 is 2.24 bits per heavy atom. The van der Waals surface area contributed by atoms with Crippen LogP contribution in [0.3, 0.4) is 0 Å². The number of aliphatic hydroxyl groups is 1. The Balaban J connectivity index is 2.43. The van der Waals surface area contributed by atoms with Crippen molar-refractivity contribution in [1.82, 2.24) is 4.90 Å². The van der Waals surface area contributed by atoms with Crippen molar-refractivity contribution >= 4 is 11.3 Å². The van der Waals surface area contributed by atoms with E-state index in [1.54, 1.807) is 11.3 Å². The maximum atomic E-state index is 9.86. The smallest absolute Gasteiger partial charge is 0.0900 e. The van der Waals surface area contributed by atoms with Gasteiger partial charge in [0.25, 0.3) is 0 Å². The minimum absolute atomic E-state index is 0.405. The first-order valence-corrected chi connectivity index (χ1v) is 7.03. The number of ether oxygens (including phenoxy) is 1. The Morgan fingerprint density at radius 3 is 2.76 bits per heavy atom. The summed E-state index contributed by atoms with van der Waals surface area (Å²) in [6.07, 6.45) is -0.405. The molecule has 17 heavy (non-hydrogen) atoms. The van der Waals surface area contributed by atoms with Crippen molar-refractivity contribution in [2.45, 2.75) is 39.5 Å². The van der Waals surface area contributed by atoms with Gasteiger partial charge in [-0.15, -0.1) is 11.3 Å². The van der Waals surface area contributed by atoms with E-state index in [9.17, 15) is 5.11 Å². The van der Waals surface area contributed by atoms with Crippen LogP contribution in [0.4, 0.5) is 0 Å². The molecule has 0 fully saturated rings. The summed E-state index contributed by atoms with van der Waals surface area (Å²) < 4.78 is 5.24. The van der Waals surface area contributed by atoms with E-state index in [2.05, 4.69) is 36.3 Å². The van der Waals surface area contributed by atoms with E-state index in [1.165, 1.54) is 4.88 Å². The lowest BCUT2D eigenvalue weighted by atomic mass is 10.2. The molecule has 0 radical (unpaired) electrons. The van der Waals surface area contributed by atoms with E-state index >= 15 is 0 Å². The maximum absolute atomic E-state index is 9.86. The summed E-state index contributed by atoms with van der Waals surface area (Å²) in [4.78, 5) is 3.61. The SMILES string of the molecule is CCOCC(O)CN(Cc1cccs1)C(C)C. The van der Waals surface area contributed by atoms with E-state index in [0.717, 1.165) is 6.54 Å². The molecule has 0 amide bonds. The molecule has 4 heteroatoms. The molecule has 0 saturated heterocycles. The monoisotopic (exact) mass is 257 g/mol. The van der Waals surface area contributed by atoms with E-state index < -0.39 is 6.10 Å². The number of thiophene rings is 1. The average Bonchev–Trinajstić information content (AvgIpc) is 2.78. The van der Waals surface area contributed by atoms with Gasteiger partial charge in [-0.1, -0.05) is 6.07 Å². The quantitative estimate of drug-likeness (QED) is 0.776. The second-order valence-electron chi connectivity index (χ2n) is 4.42. The lowest BCUT2D eigenvalue weighted by molar-refractivity contribution is 0.0135. The molecule has 1 unspecified atom stereocenters. The average molecular weight is 257 g/mol. The topological polar surface area (TPSA) is 32.7 Å². The standard InChI is InChI=1S/C13H23NO2S/c1-4-16-10-12(15)8-14(11(2)3)9-13-6-5-7-17-13/h5-7,11-12,15H,4,8-10H2,1-3H3. The Morgan fingerprint density at radius 1 is 1.47 bits per heavy atom. The molecular weight excluding hydrogens is 234 g/mol. The van der Waals surface area contributed by atoms with Gasteiger partial charge in [-0.2, -0.15) is 0 Å². The van der Waals surface area contributed by atoms with Crippen LogP contribution in [-0.4, -0.2) is 41.9 Å². The number of hydrogen-bond donors (Lipinski definition) is 1. The van der Waals surface area contributed by atoms with Crippen LogP contribution < -0.4 is 0 Å². The second-order valence-corrected chi connectivity index (χ2v) is 5.45. The molecule has 1 atom stereocenters. The van der Waals surface area contributed by atoms with E-state index in [1.807, 2.05) is 6.92 Å². The molecule has 0 aromatic carbocycles. The highest BCUT2D eigenvalue weighted by Crippen LogP contribution is 2.14. The van der Waals surface area contributed by atoms with Crippen molar-refractivity contribution in [2.24, 2.45) is 0 Å². The van der Waals surface area contributed by atoms with Crippen LogP contribution in [0.1, 0.15) is 25.6 Å². The van der Waals surface area contributed by atoms with E-state index in [-0.39, 0.29) is 0 Å². The van der Waals surface area contributed by atoms with E-state index in [4.69, 9.17) is 4.74 Å². The molecule has 1 aromatic rings. The largest absolute Gasteiger partial charge is 0.389 e. The van der Waals surface area contributed by atoms with Crippen LogP contribution in [0.2, 0.25) is 0 Å². The van der Waals surface area contributed by atoms with Gasteiger partial charge < -0.3 is 9.84 Å². The van der Waals surface area contributed by atoms with Crippen LogP contribution in [-0.2, 0) is 11.3 Å². The van der Waals surface area contributed by atoms with Gasteiger partial charge in [0.05, 0.1) is 12.7 Å². The molecule has 1 rings (SSSR count). The Labute approximate surface area is 108 Å². The molecule has 3 nitrogen and oxygen atoms in total. The highest BCUT2D eigenvalue weighted by molar-refractivity contribution is 7.09. The predicted octanol–water partition coefficient (Wildman–Crippen LogP) is 2.36. The lowest BCUT2D eigenvalue weighted by Gasteiger charge is -2.28. The van der Waals surface area contributed by atoms with Gasteiger partial charge in [0.2, 0.25) is 0 Å². The third kappa shape index (κ3) is 5.64. The van der Waals surface area contributed by atoms with Gasteiger partial charge in [0.15, 0.2) is 0 Å². The maximum Gasteiger partial charge on any atom is 0.0900 e. The van der Waals surface area contributed by atoms with Crippen LogP contribution in [0.15, 0.2) is 17.5 Å². The summed E-state index contributed by atoms with van der Waals surface area (Å²) in [6, 6.07) is 4.62. The summed E-state index contributed by atoms with van der Waals surface area (Å²) in [6.45, 7) is 8.89. The third-order valence-corrected chi connectivity index (χ3v) is 3.49. The number of aliphatic hydroxyl groups excluding tert-OH is 1. The summed E-state index contributed by atoms with van der Waals surface area (Å²) in [5, 5.41) is 12.0. The van der Waals surface area contributed by atoms with Gasteiger partial charge in [-0.3, -0.25) is 4.90 Å². The third-order valence-electron chi connectivity index (χ3n) is 2.63. The summed E-state index contributed by atoms with van der Waals surface area (Å²) in [5.74, 6) is 0. The number of rotatable bonds is 8. The van der Waals surface area contributed by atoms with Crippen LogP contribution >= 0.6 is 11.3 Å². The zero-order chi connectivity index (χ0) is 12.7. The van der Waals surface area contributed by atoms with Crippen molar-refractivity contribution in [3.8, 4) is 0 Å². The fraction of sp³-hybridized carbons (Fsp3) is 0.692. The highest BCUT2D eigenvalue weighted by Gasteiger charge is 2.15. The minimum Gasteiger partial charge on any atom is -0.389 e. The zero-order valence-electron chi connectivity index (χ0n) is 10.9. The van der Waals surface area contributed by atoms with Gasteiger partial charge in [-0.05, 0) is 32.2 Å². The van der Waals surface area contributed by atoms with Gasteiger partial charge in [-0.25, -0.2) is 0 Å². The minimum atomic E-state index is -0.405. The first-order valence-electron chi connectivity index (χ1n) is 6.15. The van der Waals surface area contributed by atoms with Gasteiger partial charge >= 0.3 is 0 Å². The molecule has 1 aromatic heterocycles. The molecule has 1 N–H and O–H groups in total. The number of hydrogen-bond acceptors (Lipinski definition) is 4. The molecular formula is C13H23NO2S. The van der Waals surface area contributed by atoms with E-state index in [0.29, 0.717) is 25.8 Å². The Hall–Kier alpha value is -0.420. The second kappa shape index (κ2) is 7.82. The van der Waals surface area contributed by atoms with Crippen LogP contribution in [0.5, 0.6) is 0 Å². The molecule has 0 bridgehead atoms. The zero-order valence-corrected chi connectivity index (χ0v) is 11.7. The van der Waals surface area contributed by atoms with Crippen molar-refractivity contribution in [1.29, 1.82) is 0 Å². The molecule has 1 heterocycles. The van der Waals surface area contributed by atoms with Crippen molar-refractivity contribution in [3.05, 3.63) is 22.4 Å². The van der Waals surface area contributed by atoms with Crippen LogP contribution in [0.25, 0.3) is 0 Å². The highest BCUT2D eigenvalue weighted by atomic mass is 32.1.